The molecule has 0 amide bonds. The minimum atomic E-state index is 0.314. The van der Waals surface area contributed by atoms with Gasteiger partial charge in [-0.25, -0.2) is 0 Å². The number of phenolic OH excluding ortho intramolecular Hbond substituents is 2. The maximum absolute atomic E-state index is 10.4. The summed E-state index contributed by atoms with van der Waals surface area (Å²) in [4.78, 5) is 4.86. The van der Waals surface area contributed by atoms with Gasteiger partial charge in [0.15, 0.2) is 0 Å². The standard InChI is InChI=1S/C32H40N2O3/c1-2-34(18-15-24-5-12-30(13-6-24)37-20-19-33-16-3-4-17-33)32-23-29(36)11-14-31(32)27-8-7-26-22-28(35)10-9-25(26)21-27/h5-6,9-14,22-23,27,35-36H,2-4,7-8,15-21H2,1H3. The van der Waals surface area contributed by atoms with Gasteiger partial charge in [0, 0.05) is 31.4 Å². The summed E-state index contributed by atoms with van der Waals surface area (Å²) >= 11 is 0. The van der Waals surface area contributed by atoms with Gasteiger partial charge in [0.2, 0.25) is 0 Å². The number of benzene rings is 3. The molecule has 1 aliphatic heterocycles. The fourth-order valence-corrected chi connectivity index (χ4v) is 5.92. The molecule has 1 aliphatic carbocycles. The molecule has 0 saturated carbocycles. The minimum absolute atomic E-state index is 0.314. The number of hydrogen-bond acceptors (Lipinski definition) is 5. The zero-order valence-corrected chi connectivity index (χ0v) is 22.0. The molecule has 5 rings (SSSR count). The van der Waals surface area contributed by atoms with Crippen LogP contribution in [-0.4, -0.2) is 54.4 Å². The van der Waals surface area contributed by atoms with Gasteiger partial charge in [-0.3, -0.25) is 4.90 Å². The summed E-state index contributed by atoms with van der Waals surface area (Å²) in [6.45, 7) is 8.12. The number of likely N-dealkylation sites (N-methyl/N-ethyl adjacent to an activating group) is 1. The summed E-state index contributed by atoms with van der Waals surface area (Å²) in [6, 6.07) is 20.2. The molecule has 196 valence electrons. The molecule has 3 aromatic rings. The molecule has 2 N–H and O–H groups in total. The van der Waals surface area contributed by atoms with Gasteiger partial charge in [-0.1, -0.05) is 24.3 Å². The minimum Gasteiger partial charge on any atom is -0.508 e. The van der Waals surface area contributed by atoms with E-state index in [1.165, 1.54) is 48.2 Å². The van der Waals surface area contributed by atoms with Gasteiger partial charge in [-0.15, -0.1) is 0 Å². The van der Waals surface area contributed by atoms with Crippen molar-refractivity contribution in [2.24, 2.45) is 0 Å². The fraction of sp³-hybridized carbons (Fsp3) is 0.438. The van der Waals surface area contributed by atoms with Crippen LogP contribution in [-0.2, 0) is 19.3 Å². The van der Waals surface area contributed by atoms with Crippen LogP contribution in [0.15, 0.2) is 60.7 Å². The lowest BCUT2D eigenvalue weighted by atomic mass is 9.79. The van der Waals surface area contributed by atoms with Crippen LogP contribution >= 0.6 is 0 Å². The zero-order valence-electron chi connectivity index (χ0n) is 22.0. The largest absolute Gasteiger partial charge is 0.508 e. The number of aryl methyl sites for hydroxylation is 1. The van der Waals surface area contributed by atoms with Crippen LogP contribution in [0.3, 0.4) is 0 Å². The molecule has 1 fully saturated rings. The van der Waals surface area contributed by atoms with Crippen LogP contribution < -0.4 is 9.64 Å². The lowest BCUT2D eigenvalue weighted by Gasteiger charge is -2.31. The van der Waals surface area contributed by atoms with Crippen molar-refractivity contribution in [1.29, 1.82) is 0 Å². The Morgan fingerprint density at radius 2 is 1.68 bits per heavy atom. The third-order valence-electron chi connectivity index (χ3n) is 8.06. The first kappa shape index (κ1) is 25.5. The highest BCUT2D eigenvalue weighted by molar-refractivity contribution is 5.59. The first-order valence-corrected chi connectivity index (χ1v) is 13.9. The van der Waals surface area contributed by atoms with Crippen molar-refractivity contribution in [3.63, 3.8) is 0 Å². The second-order valence-corrected chi connectivity index (χ2v) is 10.5. The molecule has 1 atom stereocenters. The predicted octanol–water partition coefficient (Wildman–Crippen LogP) is 5.91. The number of rotatable bonds is 10. The van der Waals surface area contributed by atoms with E-state index in [4.69, 9.17) is 4.74 Å². The summed E-state index contributed by atoms with van der Waals surface area (Å²) in [6.07, 6.45) is 6.54. The van der Waals surface area contributed by atoms with Gasteiger partial charge < -0.3 is 19.8 Å². The van der Waals surface area contributed by atoms with E-state index in [-0.39, 0.29) is 0 Å². The van der Waals surface area contributed by atoms with E-state index in [0.29, 0.717) is 17.4 Å². The quantitative estimate of drug-likeness (QED) is 0.362. The lowest BCUT2D eigenvalue weighted by molar-refractivity contribution is 0.238. The Kier molecular flexibility index (Phi) is 8.20. The van der Waals surface area contributed by atoms with E-state index in [2.05, 4.69) is 53.1 Å². The number of phenols is 2. The third kappa shape index (κ3) is 6.40. The SMILES string of the molecule is CCN(CCc1ccc(OCCN2CCCC2)cc1)c1cc(O)ccc1C1CCc2cc(O)ccc2C1. The fourth-order valence-electron chi connectivity index (χ4n) is 5.92. The molecule has 0 aromatic heterocycles. The smallest absolute Gasteiger partial charge is 0.119 e. The summed E-state index contributed by atoms with van der Waals surface area (Å²) in [7, 11) is 0. The van der Waals surface area contributed by atoms with Gasteiger partial charge in [-0.05, 0) is 117 Å². The first-order valence-electron chi connectivity index (χ1n) is 13.9. The Morgan fingerprint density at radius 3 is 2.46 bits per heavy atom. The van der Waals surface area contributed by atoms with Crippen molar-refractivity contribution >= 4 is 5.69 Å². The highest BCUT2D eigenvalue weighted by Crippen LogP contribution is 2.39. The second kappa shape index (κ2) is 11.9. The van der Waals surface area contributed by atoms with Gasteiger partial charge in [0.05, 0.1) is 0 Å². The molecule has 5 heteroatoms. The van der Waals surface area contributed by atoms with Gasteiger partial charge in [0.1, 0.15) is 23.9 Å². The molecular formula is C32H40N2O3. The van der Waals surface area contributed by atoms with Crippen LogP contribution in [0, 0.1) is 0 Å². The maximum atomic E-state index is 10.4. The highest BCUT2D eigenvalue weighted by Gasteiger charge is 2.24. The van der Waals surface area contributed by atoms with E-state index in [1.54, 1.807) is 6.07 Å². The molecule has 1 saturated heterocycles. The lowest BCUT2D eigenvalue weighted by Crippen LogP contribution is -2.27. The molecule has 37 heavy (non-hydrogen) atoms. The van der Waals surface area contributed by atoms with E-state index in [9.17, 15) is 10.2 Å². The van der Waals surface area contributed by atoms with E-state index < -0.39 is 0 Å². The predicted molar refractivity (Wildman–Crippen MR) is 150 cm³/mol. The molecular weight excluding hydrogens is 460 g/mol. The number of ether oxygens (including phenoxy) is 1. The number of anilines is 1. The summed E-state index contributed by atoms with van der Waals surface area (Å²) < 4.78 is 5.97. The van der Waals surface area contributed by atoms with Crippen LogP contribution in [0.4, 0.5) is 5.69 Å². The summed E-state index contributed by atoms with van der Waals surface area (Å²) in [5.74, 6) is 2.00. The topological polar surface area (TPSA) is 56.2 Å². The van der Waals surface area contributed by atoms with Crippen molar-refractivity contribution in [2.75, 3.05) is 44.2 Å². The van der Waals surface area contributed by atoms with Crippen molar-refractivity contribution in [2.45, 2.75) is 51.4 Å². The van der Waals surface area contributed by atoms with Crippen LogP contribution in [0.25, 0.3) is 0 Å². The molecule has 0 bridgehead atoms. The monoisotopic (exact) mass is 500 g/mol. The van der Waals surface area contributed by atoms with Gasteiger partial charge in [0.25, 0.3) is 0 Å². The van der Waals surface area contributed by atoms with Gasteiger partial charge >= 0.3 is 0 Å². The highest BCUT2D eigenvalue weighted by atomic mass is 16.5. The molecule has 5 nitrogen and oxygen atoms in total. The average Bonchev–Trinajstić information content (AvgIpc) is 3.43. The Bertz CT molecular complexity index is 1170. The van der Waals surface area contributed by atoms with Crippen molar-refractivity contribution in [1.82, 2.24) is 4.90 Å². The first-order chi connectivity index (χ1) is 18.1. The third-order valence-corrected chi connectivity index (χ3v) is 8.06. The second-order valence-electron chi connectivity index (χ2n) is 10.5. The Hall–Kier alpha value is -3.18. The van der Waals surface area contributed by atoms with Crippen molar-refractivity contribution in [3.8, 4) is 17.2 Å². The summed E-state index contributed by atoms with van der Waals surface area (Å²) in [5, 5.41) is 20.2. The molecule has 0 radical (unpaired) electrons. The van der Waals surface area contributed by atoms with Crippen LogP contribution in [0.1, 0.15) is 54.4 Å². The number of likely N-dealkylation sites (tertiary alicyclic amines) is 1. The normalized spacial score (nSPS) is 17.5. The summed E-state index contributed by atoms with van der Waals surface area (Å²) in [5.41, 5.74) is 6.31. The Labute approximate surface area is 221 Å². The Morgan fingerprint density at radius 1 is 0.919 bits per heavy atom. The Balaban J connectivity index is 1.22. The van der Waals surface area contributed by atoms with E-state index in [0.717, 1.165) is 63.4 Å². The number of hydrogen-bond donors (Lipinski definition) is 2. The molecule has 3 aromatic carbocycles. The van der Waals surface area contributed by atoms with Crippen LogP contribution in [0.5, 0.6) is 17.2 Å². The van der Waals surface area contributed by atoms with Gasteiger partial charge in [-0.2, -0.15) is 0 Å². The molecule has 1 unspecified atom stereocenters. The number of nitrogens with zero attached hydrogens (tertiary/aromatic N) is 2. The molecule has 1 heterocycles. The molecule has 2 aliphatic rings. The van der Waals surface area contributed by atoms with E-state index in [1.807, 2.05) is 18.2 Å². The maximum Gasteiger partial charge on any atom is 0.119 e. The van der Waals surface area contributed by atoms with Crippen molar-refractivity contribution < 1.29 is 14.9 Å². The average molecular weight is 501 g/mol. The van der Waals surface area contributed by atoms with Crippen LogP contribution in [0.2, 0.25) is 0 Å². The molecule has 0 spiro atoms. The van der Waals surface area contributed by atoms with Crippen molar-refractivity contribution in [3.05, 3.63) is 82.9 Å². The van der Waals surface area contributed by atoms with E-state index >= 15 is 0 Å². The number of aromatic hydroxyl groups is 2. The number of fused-ring (bicyclic) bond motifs is 1. The zero-order chi connectivity index (χ0) is 25.6.